The Kier molecular flexibility index (Phi) is 5.05. The molecule has 0 N–H and O–H groups in total. The Morgan fingerprint density at radius 1 is 1.37 bits per heavy atom. The molecule has 3 heterocycles. The van der Waals surface area contributed by atoms with E-state index >= 15 is 0 Å². The minimum Gasteiger partial charge on any atom is -0.375 e. The highest BCUT2D eigenvalue weighted by Gasteiger charge is 2.31. The van der Waals surface area contributed by atoms with Crippen molar-refractivity contribution in [2.24, 2.45) is 0 Å². The van der Waals surface area contributed by atoms with E-state index in [2.05, 4.69) is 38.1 Å². The fourth-order valence-corrected chi connectivity index (χ4v) is 4.26. The van der Waals surface area contributed by atoms with E-state index in [0.29, 0.717) is 19.6 Å². The van der Waals surface area contributed by atoms with E-state index in [0.717, 1.165) is 22.1 Å². The third-order valence-electron chi connectivity index (χ3n) is 4.87. The molecule has 1 aliphatic rings. The number of imidazole rings is 1. The molecule has 0 bridgehead atoms. The quantitative estimate of drug-likeness (QED) is 0.681. The van der Waals surface area contributed by atoms with Gasteiger partial charge in [-0.2, -0.15) is 0 Å². The number of benzene rings is 1. The zero-order chi connectivity index (χ0) is 18.8. The molecule has 1 aromatic carbocycles. The molecule has 2 aromatic heterocycles. The first kappa shape index (κ1) is 17.9. The van der Waals surface area contributed by atoms with Crippen LogP contribution in [-0.4, -0.2) is 45.6 Å². The van der Waals surface area contributed by atoms with Gasteiger partial charge in [0.15, 0.2) is 0 Å². The lowest BCUT2D eigenvalue weighted by molar-refractivity contribution is -0.136. The molecule has 0 saturated heterocycles. The molecule has 1 aliphatic heterocycles. The molecule has 0 unspecified atom stereocenters. The Morgan fingerprint density at radius 2 is 2.22 bits per heavy atom. The molecule has 1 amide bonds. The summed E-state index contributed by atoms with van der Waals surface area (Å²) >= 11 is 1.65. The van der Waals surface area contributed by atoms with Gasteiger partial charge >= 0.3 is 0 Å². The van der Waals surface area contributed by atoms with Crippen molar-refractivity contribution >= 4 is 17.2 Å². The standard InChI is InChI=1S/C20H22N4O2S/c1-14-22-16(13-27-14)10-23-8-7-21-20(23)18-11-24(19(25)12-26-2)9-15-5-3-4-6-17(15)18/h3-8,13,18H,9-12H2,1-2H3/t18-/m0/s1. The third kappa shape index (κ3) is 3.65. The number of rotatable bonds is 5. The van der Waals surface area contributed by atoms with Crippen LogP contribution in [0.4, 0.5) is 0 Å². The van der Waals surface area contributed by atoms with Crippen LogP contribution in [0.25, 0.3) is 0 Å². The predicted molar refractivity (Wildman–Crippen MR) is 104 cm³/mol. The van der Waals surface area contributed by atoms with Crippen LogP contribution in [-0.2, 0) is 22.6 Å². The maximum absolute atomic E-state index is 12.5. The number of hydrogen-bond donors (Lipinski definition) is 0. The summed E-state index contributed by atoms with van der Waals surface area (Å²) in [6.07, 6.45) is 3.82. The predicted octanol–water partition coefficient (Wildman–Crippen LogP) is 2.82. The van der Waals surface area contributed by atoms with Crippen molar-refractivity contribution in [2.45, 2.75) is 25.9 Å². The molecule has 140 valence electrons. The molecule has 0 radical (unpaired) electrons. The second-order valence-electron chi connectivity index (χ2n) is 6.73. The Labute approximate surface area is 162 Å². The van der Waals surface area contributed by atoms with E-state index in [1.807, 2.05) is 30.3 Å². The number of methoxy groups -OCH3 is 1. The summed E-state index contributed by atoms with van der Waals surface area (Å²) < 4.78 is 7.20. The van der Waals surface area contributed by atoms with Crippen molar-refractivity contribution in [2.75, 3.05) is 20.3 Å². The van der Waals surface area contributed by atoms with Crippen molar-refractivity contribution in [3.05, 3.63) is 69.7 Å². The molecule has 7 heteroatoms. The first-order valence-corrected chi connectivity index (χ1v) is 9.80. The highest BCUT2D eigenvalue weighted by Crippen LogP contribution is 2.33. The van der Waals surface area contributed by atoms with Gasteiger partial charge < -0.3 is 14.2 Å². The Balaban J connectivity index is 1.68. The number of carbonyl (C=O) groups excluding carboxylic acids is 1. The van der Waals surface area contributed by atoms with Gasteiger partial charge in [-0.15, -0.1) is 11.3 Å². The van der Waals surface area contributed by atoms with Crippen LogP contribution in [0.15, 0.2) is 42.0 Å². The smallest absolute Gasteiger partial charge is 0.248 e. The second-order valence-corrected chi connectivity index (χ2v) is 7.79. The van der Waals surface area contributed by atoms with Crippen molar-refractivity contribution < 1.29 is 9.53 Å². The monoisotopic (exact) mass is 382 g/mol. The van der Waals surface area contributed by atoms with Crippen LogP contribution in [0.5, 0.6) is 0 Å². The topological polar surface area (TPSA) is 60.2 Å². The highest BCUT2D eigenvalue weighted by atomic mass is 32.1. The summed E-state index contributed by atoms with van der Waals surface area (Å²) in [5.74, 6) is 0.999. The van der Waals surface area contributed by atoms with Gasteiger partial charge in [-0.25, -0.2) is 9.97 Å². The highest BCUT2D eigenvalue weighted by molar-refractivity contribution is 7.09. The Hall–Kier alpha value is -2.51. The molecule has 0 spiro atoms. The van der Waals surface area contributed by atoms with Crippen molar-refractivity contribution in [3.8, 4) is 0 Å². The molecule has 27 heavy (non-hydrogen) atoms. The van der Waals surface area contributed by atoms with E-state index in [1.54, 1.807) is 18.4 Å². The lowest BCUT2D eigenvalue weighted by Gasteiger charge is -2.34. The minimum absolute atomic E-state index is 0.00485. The van der Waals surface area contributed by atoms with Crippen molar-refractivity contribution in [3.63, 3.8) is 0 Å². The number of aryl methyl sites for hydroxylation is 1. The van der Waals surface area contributed by atoms with Crippen LogP contribution in [0.1, 0.15) is 33.6 Å². The van der Waals surface area contributed by atoms with Crippen molar-refractivity contribution in [1.82, 2.24) is 19.4 Å². The van der Waals surface area contributed by atoms with E-state index < -0.39 is 0 Å². The molecular weight excluding hydrogens is 360 g/mol. The first-order valence-electron chi connectivity index (χ1n) is 8.92. The van der Waals surface area contributed by atoms with Gasteiger partial charge in [0.25, 0.3) is 0 Å². The molecular formula is C20H22N4O2S. The first-order chi connectivity index (χ1) is 13.2. The number of aromatic nitrogens is 3. The maximum atomic E-state index is 12.5. The number of hydrogen-bond acceptors (Lipinski definition) is 5. The zero-order valence-corrected chi connectivity index (χ0v) is 16.3. The van der Waals surface area contributed by atoms with Crippen LogP contribution >= 0.6 is 11.3 Å². The van der Waals surface area contributed by atoms with E-state index in [-0.39, 0.29) is 18.4 Å². The van der Waals surface area contributed by atoms with Crippen LogP contribution < -0.4 is 0 Å². The average Bonchev–Trinajstić information content (AvgIpc) is 3.30. The van der Waals surface area contributed by atoms with Gasteiger partial charge in [-0.1, -0.05) is 24.3 Å². The molecule has 0 aliphatic carbocycles. The fourth-order valence-electron chi connectivity index (χ4n) is 3.65. The lowest BCUT2D eigenvalue weighted by Crippen LogP contribution is -2.41. The van der Waals surface area contributed by atoms with Gasteiger partial charge in [0, 0.05) is 38.0 Å². The number of ether oxygens (including phenoxy) is 1. The largest absolute Gasteiger partial charge is 0.375 e. The summed E-state index contributed by atoms with van der Waals surface area (Å²) in [6, 6.07) is 8.30. The summed E-state index contributed by atoms with van der Waals surface area (Å²) in [5, 5.41) is 3.15. The molecule has 4 rings (SSSR count). The van der Waals surface area contributed by atoms with Crippen molar-refractivity contribution in [1.29, 1.82) is 0 Å². The van der Waals surface area contributed by atoms with Crippen LogP contribution in [0.3, 0.4) is 0 Å². The maximum Gasteiger partial charge on any atom is 0.248 e. The average molecular weight is 382 g/mol. The molecule has 1 atom stereocenters. The summed E-state index contributed by atoms with van der Waals surface area (Å²) in [5.41, 5.74) is 3.44. The van der Waals surface area contributed by atoms with Gasteiger partial charge in [-0.05, 0) is 18.1 Å². The second kappa shape index (κ2) is 7.62. The van der Waals surface area contributed by atoms with Gasteiger partial charge in [0.2, 0.25) is 5.91 Å². The zero-order valence-electron chi connectivity index (χ0n) is 15.5. The lowest BCUT2D eigenvalue weighted by atomic mass is 9.89. The van der Waals surface area contributed by atoms with E-state index in [4.69, 9.17) is 4.74 Å². The number of carbonyl (C=O) groups is 1. The van der Waals surface area contributed by atoms with Crippen LogP contribution in [0.2, 0.25) is 0 Å². The Bertz CT molecular complexity index is 949. The van der Waals surface area contributed by atoms with E-state index in [1.165, 1.54) is 5.56 Å². The number of fused-ring (bicyclic) bond motifs is 1. The molecule has 3 aromatic rings. The Morgan fingerprint density at radius 3 is 3.00 bits per heavy atom. The van der Waals surface area contributed by atoms with Gasteiger partial charge in [0.05, 0.1) is 23.2 Å². The van der Waals surface area contributed by atoms with Gasteiger partial charge in [0.1, 0.15) is 12.4 Å². The number of thiazole rings is 1. The van der Waals surface area contributed by atoms with Gasteiger partial charge in [-0.3, -0.25) is 4.79 Å². The minimum atomic E-state index is 0.00485. The molecule has 6 nitrogen and oxygen atoms in total. The fraction of sp³-hybridized carbons (Fsp3) is 0.350. The molecule has 0 saturated carbocycles. The van der Waals surface area contributed by atoms with E-state index in [9.17, 15) is 4.79 Å². The molecule has 0 fully saturated rings. The summed E-state index contributed by atoms with van der Waals surface area (Å²) in [6.45, 7) is 4.01. The van der Waals surface area contributed by atoms with Crippen LogP contribution in [0, 0.1) is 6.92 Å². The SMILES string of the molecule is COCC(=O)N1Cc2ccccc2[C@@H](c2nccn2Cc2csc(C)n2)C1. The number of amides is 1. The third-order valence-corrected chi connectivity index (χ3v) is 5.70. The number of nitrogens with zero attached hydrogens (tertiary/aromatic N) is 4. The summed E-state index contributed by atoms with van der Waals surface area (Å²) in [4.78, 5) is 23.6. The summed E-state index contributed by atoms with van der Waals surface area (Å²) in [7, 11) is 1.55. The normalized spacial score (nSPS) is 16.4.